The molecule has 1 amide bonds. The number of hydrogen-bond donors (Lipinski definition) is 0. The van der Waals surface area contributed by atoms with Crippen molar-refractivity contribution in [2.24, 2.45) is 0 Å². The lowest BCUT2D eigenvalue weighted by Gasteiger charge is -2.26. The third kappa shape index (κ3) is 3.32. The summed E-state index contributed by atoms with van der Waals surface area (Å²) in [7, 11) is 0. The molecule has 0 saturated heterocycles. The molecule has 0 aromatic heterocycles. The zero-order chi connectivity index (χ0) is 17.1. The maximum absolute atomic E-state index is 12.8. The number of esters is 1. The summed E-state index contributed by atoms with van der Waals surface area (Å²) in [6, 6.07) is 17.3. The molecule has 1 aliphatic rings. The summed E-state index contributed by atoms with van der Waals surface area (Å²) in [5, 5.41) is 0. The van der Waals surface area contributed by atoms with E-state index in [1.165, 1.54) is 0 Å². The fourth-order valence-corrected chi connectivity index (χ4v) is 3.15. The summed E-state index contributed by atoms with van der Waals surface area (Å²) in [6.07, 6.45) is 0.201. The maximum atomic E-state index is 12.8. The summed E-state index contributed by atoms with van der Waals surface area (Å²) in [6.45, 7) is 3.65. The highest BCUT2D eigenvalue weighted by molar-refractivity contribution is 5.99. The molecule has 2 unspecified atom stereocenters. The lowest BCUT2D eigenvalue weighted by molar-refractivity contribution is -0.153. The number of ether oxygens (including phenoxy) is 1. The molecule has 0 aliphatic carbocycles. The second-order valence-corrected chi connectivity index (χ2v) is 6.18. The molecule has 2 aromatic rings. The Bertz CT molecular complexity index is 742. The molecule has 3 rings (SSSR count). The second kappa shape index (κ2) is 6.87. The number of carbonyl (C=O) groups is 2. The van der Waals surface area contributed by atoms with E-state index in [1.807, 2.05) is 61.5 Å². The molecule has 4 heteroatoms. The third-order valence-corrected chi connectivity index (χ3v) is 4.29. The van der Waals surface area contributed by atoms with E-state index in [0.717, 1.165) is 23.2 Å². The van der Waals surface area contributed by atoms with Crippen molar-refractivity contribution < 1.29 is 14.3 Å². The zero-order valence-electron chi connectivity index (χ0n) is 13.9. The van der Waals surface area contributed by atoms with Gasteiger partial charge in [-0.1, -0.05) is 48.5 Å². The molecule has 124 valence electrons. The minimum absolute atomic E-state index is 0.0742. The smallest absolute Gasteiger partial charge is 0.311 e. The number of benzene rings is 2. The van der Waals surface area contributed by atoms with Gasteiger partial charge in [-0.2, -0.15) is 0 Å². The van der Waals surface area contributed by atoms with E-state index in [1.54, 1.807) is 11.8 Å². The first-order valence-corrected chi connectivity index (χ1v) is 8.20. The van der Waals surface area contributed by atoms with Crippen LogP contribution in [-0.4, -0.2) is 24.0 Å². The molecule has 0 N–H and O–H groups in total. The molecular weight excluding hydrogens is 302 g/mol. The maximum Gasteiger partial charge on any atom is 0.311 e. The Balaban J connectivity index is 1.66. The highest BCUT2D eigenvalue weighted by Crippen LogP contribution is 2.32. The minimum atomic E-state index is -0.796. The average Bonchev–Trinajstić information content (AvgIpc) is 2.90. The molecule has 0 bridgehead atoms. The summed E-state index contributed by atoms with van der Waals surface area (Å²) in [5.41, 5.74) is 2.95. The van der Waals surface area contributed by atoms with Crippen molar-refractivity contribution in [2.75, 3.05) is 4.90 Å². The molecule has 0 spiro atoms. The largest absolute Gasteiger partial charge is 0.452 e. The van der Waals surface area contributed by atoms with Crippen LogP contribution in [0.3, 0.4) is 0 Å². The van der Waals surface area contributed by atoms with Crippen LogP contribution < -0.4 is 4.90 Å². The fourth-order valence-electron chi connectivity index (χ4n) is 3.15. The van der Waals surface area contributed by atoms with E-state index < -0.39 is 6.10 Å². The van der Waals surface area contributed by atoms with Crippen LogP contribution >= 0.6 is 0 Å². The summed E-state index contributed by atoms with van der Waals surface area (Å²) in [5.74, 6) is -0.559. The second-order valence-electron chi connectivity index (χ2n) is 6.18. The van der Waals surface area contributed by atoms with Crippen LogP contribution in [0.4, 0.5) is 5.69 Å². The fraction of sp³-hybridized carbons (Fsp3) is 0.300. The van der Waals surface area contributed by atoms with Gasteiger partial charge in [0, 0.05) is 11.7 Å². The van der Waals surface area contributed by atoms with E-state index in [0.29, 0.717) is 0 Å². The Hall–Kier alpha value is -2.62. The van der Waals surface area contributed by atoms with Crippen LogP contribution in [0.1, 0.15) is 25.0 Å². The number of carbonyl (C=O) groups excluding carboxylic acids is 2. The molecule has 2 aromatic carbocycles. The summed E-state index contributed by atoms with van der Waals surface area (Å²) >= 11 is 0. The Morgan fingerprint density at radius 2 is 1.79 bits per heavy atom. The van der Waals surface area contributed by atoms with Gasteiger partial charge < -0.3 is 9.64 Å². The number of hydrogen-bond acceptors (Lipinski definition) is 3. The molecule has 1 heterocycles. The Labute approximate surface area is 142 Å². The topological polar surface area (TPSA) is 46.6 Å². The average molecular weight is 323 g/mol. The molecule has 1 aliphatic heterocycles. The lowest BCUT2D eigenvalue weighted by Crippen LogP contribution is -2.43. The van der Waals surface area contributed by atoms with Crippen molar-refractivity contribution in [3.05, 3.63) is 65.7 Å². The number of para-hydroxylation sites is 1. The Morgan fingerprint density at radius 1 is 1.12 bits per heavy atom. The van der Waals surface area contributed by atoms with Gasteiger partial charge in [0.25, 0.3) is 5.91 Å². The van der Waals surface area contributed by atoms with Crippen molar-refractivity contribution in [3.8, 4) is 0 Å². The predicted octanol–water partition coefficient (Wildman–Crippen LogP) is 3.14. The minimum Gasteiger partial charge on any atom is -0.452 e. The van der Waals surface area contributed by atoms with Crippen molar-refractivity contribution in [1.29, 1.82) is 0 Å². The van der Waals surface area contributed by atoms with Crippen molar-refractivity contribution in [1.82, 2.24) is 0 Å². The molecule has 0 radical (unpaired) electrons. The first-order valence-electron chi connectivity index (χ1n) is 8.20. The summed E-state index contributed by atoms with van der Waals surface area (Å²) in [4.78, 5) is 26.6. The summed E-state index contributed by atoms with van der Waals surface area (Å²) < 4.78 is 5.36. The van der Waals surface area contributed by atoms with Gasteiger partial charge in [0.2, 0.25) is 0 Å². The number of fused-ring (bicyclic) bond motifs is 1. The van der Waals surface area contributed by atoms with Gasteiger partial charge >= 0.3 is 5.97 Å². The Kier molecular flexibility index (Phi) is 4.65. The normalized spacial score (nSPS) is 17.2. The molecule has 24 heavy (non-hydrogen) atoms. The van der Waals surface area contributed by atoms with Crippen LogP contribution in [0.5, 0.6) is 0 Å². The Morgan fingerprint density at radius 3 is 2.54 bits per heavy atom. The first-order chi connectivity index (χ1) is 11.6. The van der Waals surface area contributed by atoms with Gasteiger partial charge in [-0.05, 0) is 37.5 Å². The molecule has 2 atom stereocenters. The van der Waals surface area contributed by atoms with Gasteiger partial charge in [0.05, 0.1) is 6.42 Å². The van der Waals surface area contributed by atoms with Crippen molar-refractivity contribution in [3.63, 3.8) is 0 Å². The highest BCUT2D eigenvalue weighted by Gasteiger charge is 2.34. The van der Waals surface area contributed by atoms with Crippen LogP contribution in [0.15, 0.2) is 54.6 Å². The van der Waals surface area contributed by atoms with Gasteiger partial charge in [-0.3, -0.25) is 9.59 Å². The van der Waals surface area contributed by atoms with E-state index >= 15 is 0 Å². The SMILES string of the molecule is CC(OC(=O)Cc1ccccc1)C(=O)N1c2ccccc2CC1C. The van der Waals surface area contributed by atoms with Gasteiger partial charge in [-0.25, -0.2) is 0 Å². The predicted molar refractivity (Wildman–Crippen MR) is 92.8 cm³/mol. The molecule has 0 saturated carbocycles. The number of nitrogens with zero attached hydrogens (tertiary/aromatic N) is 1. The number of anilines is 1. The highest BCUT2D eigenvalue weighted by atomic mass is 16.5. The van der Waals surface area contributed by atoms with Crippen LogP contribution in [0.25, 0.3) is 0 Å². The van der Waals surface area contributed by atoms with Gasteiger partial charge in [-0.15, -0.1) is 0 Å². The van der Waals surface area contributed by atoms with Gasteiger partial charge in [0.1, 0.15) is 0 Å². The van der Waals surface area contributed by atoms with E-state index in [4.69, 9.17) is 4.74 Å². The van der Waals surface area contributed by atoms with E-state index in [9.17, 15) is 9.59 Å². The number of rotatable bonds is 4. The standard InChI is InChI=1S/C20H21NO3/c1-14-12-17-10-6-7-11-18(17)21(14)20(23)15(2)24-19(22)13-16-8-4-3-5-9-16/h3-11,14-15H,12-13H2,1-2H3. The molecule has 4 nitrogen and oxygen atoms in total. The van der Waals surface area contributed by atoms with Gasteiger partial charge in [0.15, 0.2) is 6.10 Å². The zero-order valence-corrected chi connectivity index (χ0v) is 13.9. The van der Waals surface area contributed by atoms with Crippen LogP contribution in [-0.2, 0) is 27.2 Å². The van der Waals surface area contributed by atoms with Crippen LogP contribution in [0, 0.1) is 0 Å². The quantitative estimate of drug-likeness (QED) is 0.812. The first kappa shape index (κ1) is 16.2. The van der Waals surface area contributed by atoms with Crippen molar-refractivity contribution >= 4 is 17.6 Å². The van der Waals surface area contributed by atoms with Crippen molar-refractivity contribution in [2.45, 2.75) is 38.8 Å². The van der Waals surface area contributed by atoms with E-state index in [2.05, 4.69) is 0 Å². The molecular formula is C20H21NO3. The third-order valence-electron chi connectivity index (χ3n) is 4.29. The number of amides is 1. The van der Waals surface area contributed by atoms with Crippen LogP contribution in [0.2, 0.25) is 0 Å². The lowest BCUT2D eigenvalue weighted by atomic mass is 10.1. The van der Waals surface area contributed by atoms with E-state index in [-0.39, 0.29) is 24.3 Å². The molecule has 0 fully saturated rings. The monoisotopic (exact) mass is 323 g/mol.